The second kappa shape index (κ2) is 10.1. The molecule has 0 aliphatic carbocycles. The van der Waals surface area contributed by atoms with E-state index in [2.05, 4.69) is 10.3 Å². The van der Waals surface area contributed by atoms with E-state index in [4.69, 9.17) is 9.84 Å². The molecule has 4 rings (SSSR count). The SMILES string of the molecule is Cc1cccc(Oc2c(CCC(=O)NCc3cccnc3)c(C)nn2-c2ccccc2C)c1. The lowest BCUT2D eigenvalue weighted by atomic mass is 10.1. The minimum absolute atomic E-state index is 0.0246. The van der Waals surface area contributed by atoms with E-state index in [1.54, 1.807) is 12.4 Å². The van der Waals surface area contributed by atoms with Crippen LogP contribution in [-0.4, -0.2) is 20.7 Å². The third-order valence-electron chi connectivity index (χ3n) is 5.50. The zero-order chi connectivity index (χ0) is 23.2. The number of ether oxygens (including phenoxy) is 1. The predicted molar refractivity (Wildman–Crippen MR) is 129 cm³/mol. The molecule has 0 aliphatic rings. The van der Waals surface area contributed by atoms with E-state index < -0.39 is 0 Å². The molecule has 0 unspecified atom stereocenters. The van der Waals surface area contributed by atoms with Crippen molar-refractivity contribution in [2.24, 2.45) is 0 Å². The topological polar surface area (TPSA) is 69.0 Å². The fraction of sp³-hybridized carbons (Fsp3) is 0.222. The highest BCUT2D eigenvalue weighted by Gasteiger charge is 2.20. The van der Waals surface area contributed by atoms with Crippen molar-refractivity contribution in [1.29, 1.82) is 0 Å². The average molecular weight is 441 g/mol. The Kier molecular flexibility index (Phi) is 6.83. The summed E-state index contributed by atoms with van der Waals surface area (Å²) in [6.45, 7) is 6.50. The quantitative estimate of drug-likeness (QED) is 0.407. The van der Waals surface area contributed by atoms with Gasteiger partial charge in [-0.05, 0) is 68.1 Å². The van der Waals surface area contributed by atoms with Gasteiger partial charge in [0.15, 0.2) is 0 Å². The zero-order valence-electron chi connectivity index (χ0n) is 19.2. The first-order chi connectivity index (χ1) is 16.0. The van der Waals surface area contributed by atoms with Gasteiger partial charge < -0.3 is 10.1 Å². The summed E-state index contributed by atoms with van der Waals surface area (Å²) in [7, 11) is 0. The monoisotopic (exact) mass is 440 g/mol. The molecule has 0 saturated carbocycles. The number of hydrogen-bond acceptors (Lipinski definition) is 4. The number of rotatable bonds is 8. The van der Waals surface area contributed by atoms with Crippen LogP contribution in [0.3, 0.4) is 0 Å². The van der Waals surface area contributed by atoms with Crippen LogP contribution in [-0.2, 0) is 17.8 Å². The predicted octanol–water partition coefficient (Wildman–Crippen LogP) is 5.23. The van der Waals surface area contributed by atoms with E-state index in [9.17, 15) is 4.79 Å². The number of carbonyl (C=O) groups excluding carboxylic acids is 1. The summed E-state index contributed by atoms with van der Waals surface area (Å²) in [5, 5.41) is 7.75. The second-order valence-electron chi connectivity index (χ2n) is 8.12. The molecule has 2 aromatic heterocycles. The summed E-state index contributed by atoms with van der Waals surface area (Å²) in [5.74, 6) is 1.36. The van der Waals surface area contributed by atoms with Crippen LogP contribution in [0.15, 0.2) is 73.1 Å². The van der Waals surface area contributed by atoms with Crippen LogP contribution >= 0.6 is 0 Å². The number of amides is 1. The first kappa shape index (κ1) is 22.3. The van der Waals surface area contributed by atoms with Crippen molar-refractivity contribution < 1.29 is 9.53 Å². The van der Waals surface area contributed by atoms with Crippen LogP contribution in [0.5, 0.6) is 11.6 Å². The Morgan fingerprint density at radius 2 is 1.88 bits per heavy atom. The van der Waals surface area contributed by atoms with Crippen LogP contribution in [0.1, 0.15) is 34.4 Å². The second-order valence-corrected chi connectivity index (χ2v) is 8.12. The third kappa shape index (κ3) is 5.47. The number of nitrogens with zero attached hydrogens (tertiary/aromatic N) is 3. The van der Waals surface area contributed by atoms with E-state index in [1.165, 1.54) is 0 Å². The van der Waals surface area contributed by atoms with Gasteiger partial charge in [-0.3, -0.25) is 9.78 Å². The maximum absolute atomic E-state index is 12.5. The van der Waals surface area contributed by atoms with Crippen molar-refractivity contribution in [3.63, 3.8) is 0 Å². The van der Waals surface area contributed by atoms with E-state index in [0.717, 1.165) is 39.4 Å². The maximum atomic E-state index is 12.5. The Balaban J connectivity index is 1.58. The number of carbonyl (C=O) groups is 1. The first-order valence-electron chi connectivity index (χ1n) is 11.1. The summed E-state index contributed by atoms with van der Waals surface area (Å²) in [4.78, 5) is 16.6. The maximum Gasteiger partial charge on any atom is 0.226 e. The third-order valence-corrected chi connectivity index (χ3v) is 5.50. The number of para-hydroxylation sites is 1. The van der Waals surface area contributed by atoms with Gasteiger partial charge in [0, 0.05) is 30.9 Å². The molecule has 4 aromatic rings. The minimum atomic E-state index is -0.0246. The summed E-state index contributed by atoms with van der Waals surface area (Å²) in [6.07, 6.45) is 4.34. The molecule has 0 saturated heterocycles. The lowest BCUT2D eigenvalue weighted by Gasteiger charge is -2.13. The van der Waals surface area contributed by atoms with Gasteiger partial charge in [-0.25, -0.2) is 0 Å². The van der Waals surface area contributed by atoms with Gasteiger partial charge in [-0.1, -0.05) is 36.4 Å². The smallest absolute Gasteiger partial charge is 0.226 e. The molecule has 0 aliphatic heterocycles. The number of benzene rings is 2. The number of hydrogen-bond donors (Lipinski definition) is 1. The van der Waals surface area contributed by atoms with Crippen LogP contribution in [0, 0.1) is 20.8 Å². The van der Waals surface area contributed by atoms with Crippen LogP contribution < -0.4 is 10.1 Å². The zero-order valence-corrected chi connectivity index (χ0v) is 19.2. The van der Waals surface area contributed by atoms with Gasteiger partial charge in [-0.15, -0.1) is 0 Å². The van der Waals surface area contributed by atoms with Crippen LogP contribution in [0.4, 0.5) is 0 Å². The van der Waals surface area contributed by atoms with Crippen molar-refractivity contribution in [2.45, 2.75) is 40.2 Å². The Labute approximate surface area is 194 Å². The average Bonchev–Trinajstić information content (AvgIpc) is 3.12. The molecule has 0 radical (unpaired) electrons. The molecule has 1 amide bonds. The molecule has 2 aromatic carbocycles. The molecule has 1 N–H and O–H groups in total. The fourth-order valence-corrected chi connectivity index (χ4v) is 3.72. The highest BCUT2D eigenvalue weighted by atomic mass is 16.5. The molecule has 0 atom stereocenters. The molecule has 0 spiro atoms. The van der Waals surface area contributed by atoms with E-state index >= 15 is 0 Å². The molecule has 0 bridgehead atoms. The summed E-state index contributed by atoms with van der Waals surface area (Å²) in [6, 6.07) is 19.8. The number of nitrogens with one attached hydrogen (secondary N) is 1. The molecule has 33 heavy (non-hydrogen) atoms. The largest absolute Gasteiger partial charge is 0.439 e. The van der Waals surface area contributed by atoms with E-state index in [1.807, 2.05) is 86.1 Å². The van der Waals surface area contributed by atoms with Gasteiger partial charge in [0.2, 0.25) is 11.8 Å². The number of aryl methyl sites for hydroxylation is 3. The summed E-state index contributed by atoms with van der Waals surface area (Å²) >= 11 is 0. The molecular formula is C27H28N4O2. The summed E-state index contributed by atoms with van der Waals surface area (Å²) in [5.41, 5.74) is 5.91. The Hall–Kier alpha value is -3.93. The van der Waals surface area contributed by atoms with Crippen molar-refractivity contribution in [1.82, 2.24) is 20.1 Å². The van der Waals surface area contributed by atoms with Gasteiger partial charge in [-0.2, -0.15) is 9.78 Å². The molecule has 2 heterocycles. The lowest BCUT2D eigenvalue weighted by molar-refractivity contribution is -0.121. The Morgan fingerprint density at radius 1 is 1.03 bits per heavy atom. The number of pyridine rings is 1. The fourth-order valence-electron chi connectivity index (χ4n) is 3.72. The molecule has 0 fully saturated rings. The Morgan fingerprint density at radius 3 is 2.64 bits per heavy atom. The lowest BCUT2D eigenvalue weighted by Crippen LogP contribution is -2.23. The Bertz CT molecular complexity index is 1250. The highest BCUT2D eigenvalue weighted by molar-refractivity contribution is 5.76. The summed E-state index contributed by atoms with van der Waals surface area (Å²) < 4.78 is 8.22. The first-order valence-corrected chi connectivity index (χ1v) is 11.1. The van der Waals surface area contributed by atoms with Crippen molar-refractivity contribution >= 4 is 5.91 Å². The van der Waals surface area contributed by atoms with Crippen molar-refractivity contribution in [2.75, 3.05) is 0 Å². The van der Waals surface area contributed by atoms with Gasteiger partial charge in [0.1, 0.15) is 5.75 Å². The minimum Gasteiger partial charge on any atom is -0.439 e. The van der Waals surface area contributed by atoms with Gasteiger partial charge in [0.05, 0.1) is 11.4 Å². The molecule has 6 heteroatoms. The van der Waals surface area contributed by atoms with Crippen LogP contribution in [0.2, 0.25) is 0 Å². The van der Waals surface area contributed by atoms with Gasteiger partial charge in [0.25, 0.3) is 0 Å². The van der Waals surface area contributed by atoms with Crippen LogP contribution in [0.25, 0.3) is 5.69 Å². The standard InChI is InChI=1S/C27H28N4O2/c1-19-8-6-11-23(16-19)33-27-24(13-14-26(32)29-18-22-10-7-15-28-17-22)21(3)30-31(27)25-12-5-4-9-20(25)2/h4-12,15-17H,13-14,18H2,1-3H3,(H,29,32). The van der Waals surface area contributed by atoms with E-state index in [-0.39, 0.29) is 5.91 Å². The molecular weight excluding hydrogens is 412 g/mol. The molecule has 168 valence electrons. The van der Waals surface area contributed by atoms with Crippen molar-refractivity contribution in [3.8, 4) is 17.3 Å². The van der Waals surface area contributed by atoms with E-state index in [0.29, 0.717) is 25.3 Å². The van der Waals surface area contributed by atoms with Crippen molar-refractivity contribution in [3.05, 3.63) is 101 Å². The van der Waals surface area contributed by atoms with Gasteiger partial charge >= 0.3 is 0 Å². The normalized spacial score (nSPS) is 10.8. The highest BCUT2D eigenvalue weighted by Crippen LogP contribution is 2.32. The molecule has 6 nitrogen and oxygen atoms in total. The number of aromatic nitrogens is 3.